The molecule has 1 fully saturated rings. The molecule has 0 saturated carbocycles. The lowest BCUT2D eigenvalue weighted by Crippen LogP contribution is -2.36. The number of anilines is 2. The lowest BCUT2D eigenvalue weighted by atomic mass is 10.1. The number of aromatic nitrogens is 1. The monoisotopic (exact) mass is 297 g/mol. The zero-order chi connectivity index (χ0) is 15.4. The Morgan fingerprint density at radius 1 is 1.18 bits per heavy atom. The van der Waals surface area contributed by atoms with Gasteiger partial charge in [-0.15, -0.1) is 0 Å². The minimum absolute atomic E-state index is 0.0714. The number of benzene rings is 1. The Morgan fingerprint density at radius 2 is 2.00 bits per heavy atom. The Kier molecular flexibility index (Phi) is 4.34. The molecular weight excluding hydrogens is 278 g/mol. The first kappa shape index (κ1) is 14.5. The second-order valence-corrected chi connectivity index (χ2v) is 5.27. The Hall–Kier alpha value is -2.40. The molecule has 1 aromatic carbocycles. The van der Waals surface area contributed by atoms with Gasteiger partial charge in [-0.2, -0.15) is 0 Å². The van der Waals surface area contributed by atoms with Crippen LogP contribution in [0.2, 0.25) is 0 Å². The molecule has 1 aliphatic rings. The van der Waals surface area contributed by atoms with Crippen LogP contribution in [0.15, 0.2) is 42.6 Å². The molecule has 2 aromatic rings. The zero-order valence-electron chi connectivity index (χ0n) is 12.6. The first-order valence-electron chi connectivity index (χ1n) is 7.39. The molecule has 22 heavy (non-hydrogen) atoms. The molecule has 1 saturated heterocycles. The summed E-state index contributed by atoms with van der Waals surface area (Å²) in [5, 5.41) is 2.80. The van der Waals surface area contributed by atoms with Crippen LogP contribution in [0.5, 0.6) is 0 Å². The molecule has 114 valence electrons. The summed E-state index contributed by atoms with van der Waals surface area (Å²) in [4.78, 5) is 17.9. The Bertz CT molecular complexity index is 649. The van der Waals surface area contributed by atoms with Gasteiger partial charge >= 0.3 is 0 Å². The van der Waals surface area contributed by atoms with E-state index in [1.807, 2.05) is 36.5 Å². The van der Waals surface area contributed by atoms with Crippen LogP contribution in [-0.4, -0.2) is 37.2 Å². The van der Waals surface area contributed by atoms with Gasteiger partial charge in [0.25, 0.3) is 0 Å². The van der Waals surface area contributed by atoms with Crippen molar-refractivity contribution in [3.63, 3.8) is 0 Å². The van der Waals surface area contributed by atoms with Gasteiger partial charge in [0.1, 0.15) is 5.82 Å². The molecule has 0 radical (unpaired) electrons. The quantitative estimate of drug-likeness (QED) is 0.946. The highest BCUT2D eigenvalue weighted by atomic mass is 16.5. The van der Waals surface area contributed by atoms with Crippen LogP contribution in [0.1, 0.15) is 6.92 Å². The van der Waals surface area contributed by atoms with Gasteiger partial charge in [0.2, 0.25) is 5.91 Å². The van der Waals surface area contributed by atoms with Gasteiger partial charge in [-0.25, -0.2) is 4.98 Å². The molecule has 3 rings (SSSR count). The van der Waals surface area contributed by atoms with Crippen molar-refractivity contribution in [1.29, 1.82) is 0 Å². The van der Waals surface area contributed by atoms with Crippen molar-refractivity contribution in [2.45, 2.75) is 6.92 Å². The topological polar surface area (TPSA) is 54.5 Å². The standard InChI is InChI=1S/C17H19N3O2/c1-13(21)19-16-4-2-3-14(11-16)15-5-6-17(18-12-15)20-7-9-22-10-8-20/h2-6,11-12H,7-10H2,1H3,(H,19,21). The average Bonchev–Trinajstić information content (AvgIpc) is 2.55. The summed E-state index contributed by atoms with van der Waals surface area (Å²) in [5.74, 6) is 0.906. The predicted octanol–water partition coefficient (Wildman–Crippen LogP) is 2.54. The third-order valence-electron chi connectivity index (χ3n) is 3.60. The fourth-order valence-corrected chi connectivity index (χ4v) is 2.52. The van der Waals surface area contributed by atoms with Gasteiger partial charge in [-0.1, -0.05) is 12.1 Å². The molecule has 0 spiro atoms. The first-order chi connectivity index (χ1) is 10.7. The van der Waals surface area contributed by atoms with E-state index in [9.17, 15) is 4.79 Å². The molecule has 0 unspecified atom stereocenters. The second kappa shape index (κ2) is 6.58. The van der Waals surface area contributed by atoms with Crippen LogP contribution < -0.4 is 10.2 Å². The maximum atomic E-state index is 11.1. The minimum Gasteiger partial charge on any atom is -0.378 e. The molecule has 2 heterocycles. The van der Waals surface area contributed by atoms with Crippen LogP contribution in [0.3, 0.4) is 0 Å². The lowest BCUT2D eigenvalue weighted by Gasteiger charge is -2.27. The summed E-state index contributed by atoms with van der Waals surface area (Å²) in [6, 6.07) is 11.9. The number of rotatable bonds is 3. The SMILES string of the molecule is CC(=O)Nc1cccc(-c2ccc(N3CCOCC3)nc2)c1. The highest BCUT2D eigenvalue weighted by Crippen LogP contribution is 2.24. The largest absolute Gasteiger partial charge is 0.378 e. The van der Waals surface area contributed by atoms with E-state index in [1.165, 1.54) is 6.92 Å². The third-order valence-corrected chi connectivity index (χ3v) is 3.60. The Labute approximate surface area is 129 Å². The van der Waals surface area contributed by atoms with Gasteiger partial charge < -0.3 is 15.0 Å². The van der Waals surface area contributed by atoms with Crippen LogP contribution in [0.25, 0.3) is 11.1 Å². The van der Waals surface area contributed by atoms with Crippen LogP contribution in [-0.2, 0) is 9.53 Å². The Morgan fingerprint density at radius 3 is 2.68 bits per heavy atom. The van der Waals surface area contributed by atoms with E-state index >= 15 is 0 Å². The van der Waals surface area contributed by atoms with Crippen molar-refractivity contribution < 1.29 is 9.53 Å². The number of ether oxygens (including phenoxy) is 1. The van der Waals surface area contributed by atoms with E-state index < -0.39 is 0 Å². The summed E-state index contributed by atoms with van der Waals surface area (Å²) < 4.78 is 5.36. The molecular formula is C17H19N3O2. The molecule has 1 aliphatic heterocycles. The number of pyridine rings is 1. The number of nitrogens with zero attached hydrogens (tertiary/aromatic N) is 2. The highest BCUT2D eigenvalue weighted by Gasteiger charge is 2.12. The van der Waals surface area contributed by atoms with E-state index in [0.717, 1.165) is 48.9 Å². The van der Waals surface area contributed by atoms with E-state index in [1.54, 1.807) is 0 Å². The van der Waals surface area contributed by atoms with Gasteiger partial charge in [0, 0.05) is 37.5 Å². The molecule has 5 heteroatoms. The number of amides is 1. The van der Waals surface area contributed by atoms with Crippen molar-refractivity contribution in [3.05, 3.63) is 42.6 Å². The maximum Gasteiger partial charge on any atom is 0.221 e. The first-order valence-corrected chi connectivity index (χ1v) is 7.39. The van der Waals surface area contributed by atoms with E-state index in [2.05, 4.69) is 21.3 Å². The summed E-state index contributed by atoms with van der Waals surface area (Å²) in [6.45, 7) is 4.77. The summed E-state index contributed by atoms with van der Waals surface area (Å²) in [6.07, 6.45) is 1.87. The molecule has 0 aliphatic carbocycles. The summed E-state index contributed by atoms with van der Waals surface area (Å²) in [7, 11) is 0. The van der Waals surface area contributed by atoms with Crippen molar-refractivity contribution >= 4 is 17.4 Å². The van der Waals surface area contributed by atoms with Gasteiger partial charge in [-0.05, 0) is 29.8 Å². The maximum absolute atomic E-state index is 11.1. The molecule has 0 atom stereocenters. The summed E-state index contributed by atoms with van der Waals surface area (Å²) >= 11 is 0. The highest BCUT2D eigenvalue weighted by molar-refractivity contribution is 5.89. The van der Waals surface area contributed by atoms with Gasteiger partial charge in [-0.3, -0.25) is 4.79 Å². The van der Waals surface area contributed by atoms with Crippen molar-refractivity contribution in [1.82, 2.24) is 4.98 Å². The van der Waals surface area contributed by atoms with Crippen LogP contribution in [0.4, 0.5) is 11.5 Å². The minimum atomic E-state index is -0.0714. The van der Waals surface area contributed by atoms with E-state index in [-0.39, 0.29) is 5.91 Å². The number of carbonyl (C=O) groups excluding carboxylic acids is 1. The lowest BCUT2D eigenvalue weighted by molar-refractivity contribution is -0.114. The van der Waals surface area contributed by atoms with Gasteiger partial charge in [0.05, 0.1) is 13.2 Å². The predicted molar refractivity (Wildman–Crippen MR) is 87.0 cm³/mol. The van der Waals surface area contributed by atoms with Crippen LogP contribution in [0, 0.1) is 0 Å². The number of nitrogens with one attached hydrogen (secondary N) is 1. The second-order valence-electron chi connectivity index (χ2n) is 5.27. The normalized spacial score (nSPS) is 14.7. The Balaban J connectivity index is 1.78. The van der Waals surface area contributed by atoms with Crippen molar-refractivity contribution in [2.75, 3.05) is 36.5 Å². The molecule has 0 bridgehead atoms. The van der Waals surface area contributed by atoms with Crippen LogP contribution >= 0.6 is 0 Å². The number of hydrogen-bond acceptors (Lipinski definition) is 4. The van der Waals surface area contributed by atoms with E-state index in [0.29, 0.717) is 0 Å². The smallest absolute Gasteiger partial charge is 0.221 e. The fraction of sp³-hybridized carbons (Fsp3) is 0.294. The van der Waals surface area contributed by atoms with Gasteiger partial charge in [0.15, 0.2) is 0 Å². The summed E-state index contributed by atoms with van der Waals surface area (Å²) in [5.41, 5.74) is 2.86. The number of hydrogen-bond donors (Lipinski definition) is 1. The fourth-order valence-electron chi connectivity index (χ4n) is 2.52. The third kappa shape index (κ3) is 3.43. The van der Waals surface area contributed by atoms with E-state index in [4.69, 9.17) is 4.74 Å². The van der Waals surface area contributed by atoms with Crippen molar-refractivity contribution in [2.24, 2.45) is 0 Å². The molecule has 1 amide bonds. The molecule has 1 N–H and O–H groups in total. The molecule has 5 nitrogen and oxygen atoms in total. The molecule has 1 aromatic heterocycles. The number of morpholine rings is 1. The average molecular weight is 297 g/mol. The zero-order valence-corrected chi connectivity index (χ0v) is 12.6. The number of carbonyl (C=O) groups is 1. The van der Waals surface area contributed by atoms with Crippen molar-refractivity contribution in [3.8, 4) is 11.1 Å².